The number of benzene rings is 2. The topological polar surface area (TPSA) is 84.5 Å². The van der Waals surface area contributed by atoms with Crippen LogP contribution in [0.25, 0.3) is 0 Å². The quantitative estimate of drug-likeness (QED) is 0.477. The molecule has 4 rings (SSSR count). The third-order valence-electron chi connectivity index (χ3n) is 5.82. The molecular weight excluding hydrogens is 394 g/mol. The van der Waals surface area contributed by atoms with Crippen LogP contribution in [0, 0.1) is 24.0 Å². The highest BCUT2D eigenvalue weighted by molar-refractivity contribution is 5.94. The van der Waals surface area contributed by atoms with Crippen LogP contribution in [0.5, 0.6) is 0 Å². The summed E-state index contributed by atoms with van der Waals surface area (Å²) < 4.78 is 1.63. The van der Waals surface area contributed by atoms with E-state index in [1.807, 2.05) is 48.3 Å². The van der Waals surface area contributed by atoms with E-state index in [0.717, 1.165) is 23.4 Å². The molecule has 0 bridgehead atoms. The molecule has 3 aromatic rings. The van der Waals surface area contributed by atoms with Crippen molar-refractivity contribution in [1.82, 2.24) is 14.7 Å². The van der Waals surface area contributed by atoms with Crippen LogP contribution in [0.4, 0.5) is 11.4 Å². The molecule has 31 heavy (non-hydrogen) atoms. The van der Waals surface area contributed by atoms with Gasteiger partial charge in [-0.05, 0) is 43.2 Å². The fourth-order valence-corrected chi connectivity index (χ4v) is 4.08. The number of amides is 1. The fourth-order valence-electron chi connectivity index (χ4n) is 4.08. The first-order valence-corrected chi connectivity index (χ1v) is 10.2. The Morgan fingerprint density at radius 2 is 1.81 bits per heavy atom. The minimum Gasteiger partial charge on any atom is -0.373 e. The lowest BCUT2D eigenvalue weighted by molar-refractivity contribution is -0.386. The van der Waals surface area contributed by atoms with Crippen molar-refractivity contribution in [3.05, 3.63) is 86.7 Å². The lowest BCUT2D eigenvalue weighted by Crippen LogP contribution is -2.34. The molecule has 0 spiro atoms. The van der Waals surface area contributed by atoms with E-state index in [-0.39, 0.29) is 11.6 Å². The van der Waals surface area contributed by atoms with E-state index in [0.29, 0.717) is 36.6 Å². The lowest BCUT2D eigenvalue weighted by Gasteiger charge is -2.21. The Labute approximate surface area is 180 Å². The number of aryl methyl sites for hydroxylation is 1. The summed E-state index contributed by atoms with van der Waals surface area (Å²) in [4.78, 5) is 28.0. The number of fused-ring (bicyclic) bond motifs is 1. The minimum atomic E-state index is -0.396. The second kappa shape index (κ2) is 8.22. The third kappa shape index (κ3) is 4.01. The Morgan fingerprint density at radius 1 is 1.10 bits per heavy atom. The number of anilines is 1. The number of hydrogen-bond acceptors (Lipinski definition) is 5. The van der Waals surface area contributed by atoms with E-state index in [1.54, 1.807) is 18.5 Å². The van der Waals surface area contributed by atoms with Gasteiger partial charge in [0.25, 0.3) is 5.91 Å². The van der Waals surface area contributed by atoms with Crippen molar-refractivity contribution in [2.24, 2.45) is 0 Å². The number of hydrogen-bond donors (Lipinski definition) is 0. The number of para-hydroxylation sites is 1. The summed E-state index contributed by atoms with van der Waals surface area (Å²) in [6.07, 6.45) is 0. The zero-order valence-electron chi connectivity index (χ0n) is 17.9. The smallest absolute Gasteiger partial charge is 0.312 e. The maximum absolute atomic E-state index is 13.1. The maximum Gasteiger partial charge on any atom is 0.312 e. The minimum absolute atomic E-state index is 0.00148. The van der Waals surface area contributed by atoms with Gasteiger partial charge in [0.05, 0.1) is 11.5 Å². The Morgan fingerprint density at radius 3 is 2.48 bits per heavy atom. The first-order chi connectivity index (χ1) is 14.8. The highest BCUT2D eigenvalue weighted by atomic mass is 16.6. The average Bonchev–Trinajstić information content (AvgIpc) is 2.92. The molecule has 2 aromatic carbocycles. The van der Waals surface area contributed by atoms with Crippen molar-refractivity contribution in [3.63, 3.8) is 0 Å². The van der Waals surface area contributed by atoms with E-state index >= 15 is 0 Å². The zero-order chi connectivity index (χ0) is 22.1. The number of carbonyl (C=O) groups is 1. The Bertz CT molecular complexity index is 1140. The van der Waals surface area contributed by atoms with E-state index in [9.17, 15) is 14.9 Å². The normalized spacial score (nSPS) is 13.6. The number of likely N-dealkylation sites (N-methyl/N-ethyl adjacent to an activating group) is 1. The molecule has 0 radical (unpaired) electrons. The van der Waals surface area contributed by atoms with E-state index in [1.165, 1.54) is 0 Å². The van der Waals surface area contributed by atoms with Crippen molar-refractivity contribution < 1.29 is 9.72 Å². The predicted molar refractivity (Wildman–Crippen MR) is 118 cm³/mol. The number of rotatable bonds is 4. The molecule has 2 heterocycles. The van der Waals surface area contributed by atoms with Crippen LogP contribution in [0.1, 0.15) is 32.9 Å². The summed E-state index contributed by atoms with van der Waals surface area (Å²) in [7, 11) is 2.05. The van der Waals surface area contributed by atoms with Crippen molar-refractivity contribution in [1.29, 1.82) is 0 Å². The SMILES string of the molecule is Cc1nn(Cc2ccc(C(=O)N3CCN(C)c4ccccc4C3)cc2)c(C)c1[N+](=O)[O-]. The molecule has 1 aliphatic heterocycles. The first kappa shape index (κ1) is 20.6. The van der Waals surface area contributed by atoms with Crippen molar-refractivity contribution in [3.8, 4) is 0 Å². The van der Waals surface area contributed by atoms with Crippen molar-refractivity contribution >= 4 is 17.3 Å². The van der Waals surface area contributed by atoms with Crippen LogP contribution < -0.4 is 4.90 Å². The Balaban J connectivity index is 1.50. The number of nitrogens with zero attached hydrogens (tertiary/aromatic N) is 5. The van der Waals surface area contributed by atoms with Crippen LogP contribution in [0.15, 0.2) is 48.5 Å². The molecule has 0 atom stereocenters. The number of aromatic nitrogens is 2. The molecule has 1 amide bonds. The van der Waals surface area contributed by atoms with E-state index in [2.05, 4.69) is 22.1 Å². The highest BCUT2D eigenvalue weighted by Crippen LogP contribution is 2.25. The molecule has 0 aliphatic carbocycles. The second-order valence-electron chi connectivity index (χ2n) is 7.91. The number of carbonyl (C=O) groups excluding carboxylic acids is 1. The average molecular weight is 419 g/mol. The maximum atomic E-state index is 13.1. The Hall–Kier alpha value is -3.68. The van der Waals surface area contributed by atoms with Gasteiger partial charge in [0, 0.05) is 37.9 Å². The molecular formula is C23H25N5O3. The standard InChI is InChI=1S/C23H25N5O3/c1-16-22(28(30)31)17(2)27(24-16)14-18-8-10-19(11-9-18)23(29)26-13-12-25(3)21-7-5-4-6-20(21)15-26/h4-11H,12-15H2,1-3H3. The Kier molecular flexibility index (Phi) is 5.46. The molecule has 0 unspecified atom stereocenters. The van der Waals surface area contributed by atoms with Gasteiger partial charge in [-0.25, -0.2) is 0 Å². The second-order valence-corrected chi connectivity index (χ2v) is 7.91. The van der Waals surface area contributed by atoms with Gasteiger partial charge >= 0.3 is 5.69 Å². The zero-order valence-corrected chi connectivity index (χ0v) is 17.9. The summed E-state index contributed by atoms with van der Waals surface area (Å²) in [6, 6.07) is 15.6. The molecule has 8 heteroatoms. The van der Waals surface area contributed by atoms with E-state index < -0.39 is 4.92 Å². The third-order valence-corrected chi connectivity index (χ3v) is 5.82. The van der Waals surface area contributed by atoms with E-state index in [4.69, 9.17) is 0 Å². The van der Waals surface area contributed by atoms with Gasteiger partial charge in [-0.1, -0.05) is 30.3 Å². The lowest BCUT2D eigenvalue weighted by atomic mass is 10.1. The molecule has 8 nitrogen and oxygen atoms in total. The van der Waals surface area contributed by atoms with Gasteiger partial charge in [-0.3, -0.25) is 19.6 Å². The summed E-state index contributed by atoms with van der Waals surface area (Å²) in [5.41, 5.74) is 4.84. The van der Waals surface area contributed by atoms with Gasteiger partial charge in [0.2, 0.25) is 0 Å². The molecule has 0 fully saturated rings. The van der Waals surface area contributed by atoms with Crippen LogP contribution in [0.2, 0.25) is 0 Å². The predicted octanol–water partition coefficient (Wildman–Crippen LogP) is 3.55. The number of nitro groups is 1. The fraction of sp³-hybridized carbons (Fsp3) is 0.304. The molecule has 1 aromatic heterocycles. The summed E-state index contributed by atoms with van der Waals surface area (Å²) in [6.45, 7) is 5.76. The van der Waals surface area contributed by atoms with Gasteiger partial charge in [-0.15, -0.1) is 0 Å². The van der Waals surface area contributed by atoms with Crippen molar-refractivity contribution in [2.75, 3.05) is 25.0 Å². The van der Waals surface area contributed by atoms with Crippen LogP contribution in [0.3, 0.4) is 0 Å². The monoisotopic (exact) mass is 419 g/mol. The van der Waals surface area contributed by atoms with Crippen LogP contribution >= 0.6 is 0 Å². The molecule has 0 N–H and O–H groups in total. The molecule has 160 valence electrons. The van der Waals surface area contributed by atoms with Gasteiger partial charge < -0.3 is 9.80 Å². The molecule has 0 saturated carbocycles. The molecule has 0 saturated heterocycles. The van der Waals surface area contributed by atoms with Gasteiger partial charge in [-0.2, -0.15) is 5.10 Å². The van der Waals surface area contributed by atoms with Gasteiger partial charge in [0.1, 0.15) is 11.4 Å². The summed E-state index contributed by atoms with van der Waals surface area (Å²) >= 11 is 0. The van der Waals surface area contributed by atoms with Crippen molar-refractivity contribution in [2.45, 2.75) is 26.9 Å². The summed E-state index contributed by atoms with van der Waals surface area (Å²) in [5, 5.41) is 15.5. The first-order valence-electron chi connectivity index (χ1n) is 10.2. The van der Waals surface area contributed by atoms with Crippen LogP contribution in [-0.2, 0) is 13.1 Å². The molecule has 1 aliphatic rings. The largest absolute Gasteiger partial charge is 0.373 e. The van der Waals surface area contributed by atoms with Crippen LogP contribution in [-0.4, -0.2) is 45.6 Å². The van der Waals surface area contributed by atoms with Gasteiger partial charge in [0.15, 0.2) is 0 Å². The summed E-state index contributed by atoms with van der Waals surface area (Å²) in [5.74, 6) is -0.00148. The highest BCUT2D eigenvalue weighted by Gasteiger charge is 2.23.